The van der Waals surface area contributed by atoms with Crippen LogP contribution >= 0.6 is 11.3 Å². The summed E-state index contributed by atoms with van der Waals surface area (Å²) in [7, 11) is -1.42. The lowest BCUT2D eigenvalue weighted by Gasteiger charge is -2.16. The Morgan fingerprint density at radius 1 is 1.21 bits per heavy atom. The van der Waals surface area contributed by atoms with Crippen molar-refractivity contribution >= 4 is 44.2 Å². The third-order valence-corrected chi connectivity index (χ3v) is 6.62. The van der Waals surface area contributed by atoms with Gasteiger partial charge in [0.25, 0.3) is 0 Å². The van der Waals surface area contributed by atoms with Gasteiger partial charge in [0.2, 0.25) is 15.9 Å². The highest BCUT2D eigenvalue weighted by atomic mass is 32.2. The molecule has 0 radical (unpaired) electrons. The van der Waals surface area contributed by atoms with Gasteiger partial charge in [-0.05, 0) is 26.0 Å². The van der Waals surface area contributed by atoms with Crippen LogP contribution in [-0.4, -0.2) is 56.1 Å². The van der Waals surface area contributed by atoms with E-state index in [-0.39, 0.29) is 20.7 Å². The highest BCUT2D eigenvalue weighted by molar-refractivity contribution is 7.89. The highest BCUT2D eigenvalue weighted by Gasteiger charge is 2.24. The Morgan fingerprint density at radius 3 is 2.36 bits per heavy atom. The normalized spacial score (nSPS) is 11.3. The van der Waals surface area contributed by atoms with E-state index < -0.39 is 28.4 Å². The van der Waals surface area contributed by atoms with Crippen molar-refractivity contribution in [3.8, 4) is 0 Å². The topological polar surface area (TPSA) is 123 Å². The molecule has 0 fully saturated rings. The lowest BCUT2D eigenvalue weighted by Crippen LogP contribution is -2.35. The molecule has 2 rings (SSSR count). The van der Waals surface area contributed by atoms with E-state index >= 15 is 0 Å². The van der Waals surface area contributed by atoms with Gasteiger partial charge in [0.15, 0.2) is 10.9 Å². The van der Waals surface area contributed by atoms with Crippen LogP contribution in [0.5, 0.6) is 0 Å². The summed E-state index contributed by atoms with van der Waals surface area (Å²) in [6, 6.07) is 5.45. The number of ketones is 1. The minimum Gasteiger partial charge on any atom is -0.465 e. The number of nitrogens with one attached hydrogen (secondary N) is 1. The zero-order chi connectivity index (χ0) is 21.1. The van der Waals surface area contributed by atoms with Crippen molar-refractivity contribution in [3.05, 3.63) is 40.4 Å². The van der Waals surface area contributed by atoms with Crippen LogP contribution in [0.1, 0.15) is 32.6 Å². The number of sulfonamides is 1. The zero-order valence-corrected chi connectivity index (χ0v) is 17.3. The van der Waals surface area contributed by atoms with Gasteiger partial charge in [-0.2, -0.15) is 4.31 Å². The molecular weight excluding hydrogens is 406 g/mol. The summed E-state index contributed by atoms with van der Waals surface area (Å²) in [5, 5.41) is 2.64. The fraction of sp³-hybridized carbons (Fsp3) is 0.294. The van der Waals surface area contributed by atoms with Crippen LogP contribution in [-0.2, 0) is 19.6 Å². The number of aromatic nitrogens is 1. The largest absolute Gasteiger partial charge is 0.465 e. The monoisotopic (exact) mass is 425 g/mol. The van der Waals surface area contributed by atoms with E-state index in [9.17, 15) is 22.8 Å². The summed E-state index contributed by atoms with van der Waals surface area (Å²) in [4.78, 5) is 39.4. The number of ether oxygens (including phenoxy) is 1. The summed E-state index contributed by atoms with van der Waals surface area (Å²) >= 11 is 0.938. The number of Topliss-reactive ketones (excluding diaryl/α,β-unsaturated/α-hetero) is 1. The second-order valence-corrected chi connectivity index (χ2v) is 8.86. The molecule has 2 aromatic rings. The fourth-order valence-corrected chi connectivity index (χ4v) is 4.25. The van der Waals surface area contributed by atoms with Gasteiger partial charge >= 0.3 is 5.97 Å². The van der Waals surface area contributed by atoms with Crippen molar-refractivity contribution in [3.63, 3.8) is 0 Å². The molecule has 1 amide bonds. The number of amides is 1. The maximum Gasteiger partial charge on any atom is 0.350 e. The van der Waals surface area contributed by atoms with Crippen molar-refractivity contribution in [2.45, 2.75) is 18.7 Å². The number of hydrogen-bond acceptors (Lipinski definition) is 8. The second kappa shape index (κ2) is 8.59. The number of esters is 1. The van der Waals surface area contributed by atoms with Gasteiger partial charge in [0.1, 0.15) is 4.88 Å². The number of nitrogens with zero attached hydrogens (tertiary/aromatic N) is 2. The Morgan fingerprint density at radius 2 is 1.82 bits per heavy atom. The number of anilines is 1. The van der Waals surface area contributed by atoms with E-state index in [2.05, 4.69) is 15.0 Å². The SMILES string of the molecule is COC(=O)c1sc(NC(=O)CN(C)S(=O)(=O)c2ccc(C(C)=O)cc2)nc1C. The minimum atomic E-state index is -3.92. The summed E-state index contributed by atoms with van der Waals surface area (Å²) in [6.07, 6.45) is 0. The number of aryl methyl sites for hydroxylation is 1. The van der Waals surface area contributed by atoms with Crippen molar-refractivity contribution in [2.24, 2.45) is 0 Å². The van der Waals surface area contributed by atoms with Crippen molar-refractivity contribution in [2.75, 3.05) is 26.0 Å². The second-order valence-electron chi connectivity index (χ2n) is 5.81. The molecular formula is C17H19N3O6S2. The first kappa shape index (κ1) is 21.7. The predicted octanol–water partition coefficient (Wildman–Crippen LogP) is 1.70. The van der Waals surface area contributed by atoms with Crippen LogP contribution in [0.15, 0.2) is 29.2 Å². The molecule has 0 saturated carbocycles. The van der Waals surface area contributed by atoms with E-state index in [4.69, 9.17) is 0 Å². The lowest BCUT2D eigenvalue weighted by molar-refractivity contribution is -0.116. The van der Waals surface area contributed by atoms with Crippen molar-refractivity contribution in [1.82, 2.24) is 9.29 Å². The standard InChI is InChI=1S/C17H19N3O6S2/c1-10-15(16(23)26-4)27-17(18-10)19-14(22)9-20(3)28(24,25)13-7-5-12(6-8-13)11(2)21/h5-8H,9H2,1-4H3,(H,18,19,22). The Kier molecular flexibility index (Phi) is 6.65. The molecule has 0 bridgehead atoms. The Balaban J connectivity index is 2.08. The fourth-order valence-electron chi connectivity index (χ4n) is 2.22. The van der Waals surface area contributed by atoms with Gasteiger partial charge in [-0.1, -0.05) is 23.5 Å². The van der Waals surface area contributed by atoms with Crippen LogP contribution in [0.2, 0.25) is 0 Å². The first-order valence-electron chi connectivity index (χ1n) is 7.99. The summed E-state index contributed by atoms with van der Waals surface area (Å²) in [5.74, 6) is -1.36. The van der Waals surface area contributed by atoms with E-state index in [0.717, 1.165) is 15.6 Å². The molecule has 1 aromatic heterocycles. The maximum atomic E-state index is 12.6. The van der Waals surface area contributed by atoms with Crippen LogP contribution in [0.4, 0.5) is 5.13 Å². The van der Waals surface area contributed by atoms with Gasteiger partial charge < -0.3 is 10.1 Å². The molecule has 0 aliphatic rings. The number of carbonyl (C=O) groups is 3. The zero-order valence-electron chi connectivity index (χ0n) is 15.7. The Hall–Kier alpha value is -2.63. The van der Waals surface area contributed by atoms with Gasteiger partial charge in [-0.15, -0.1) is 0 Å². The molecule has 1 aromatic carbocycles. The van der Waals surface area contributed by atoms with Crippen molar-refractivity contribution < 1.29 is 27.5 Å². The van der Waals surface area contributed by atoms with E-state index in [1.807, 2.05) is 0 Å². The number of likely N-dealkylation sites (N-methyl/N-ethyl adjacent to an activating group) is 1. The quantitative estimate of drug-likeness (QED) is 0.529. The van der Waals surface area contributed by atoms with E-state index in [1.165, 1.54) is 45.3 Å². The molecule has 0 spiro atoms. The molecule has 0 atom stereocenters. The molecule has 0 aliphatic carbocycles. The first-order chi connectivity index (χ1) is 13.1. The number of thiazole rings is 1. The van der Waals surface area contributed by atoms with Crippen LogP contribution < -0.4 is 5.32 Å². The van der Waals surface area contributed by atoms with E-state index in [0.29, 0.717) is 11.3 Å². The molecule has 0 unspecified atom stereocenters. The highest BCUT2D eigenvalue weighted by Crippen LogP contribution is 2.23. The van der Waals surface area contributed by atoms with Gasteiger partial charge in [-0.3, -0.25) is 9.59 Å². The average Bonchev–Trinajstić information content (AvgIpc) is 3.00. The smallest absolute Gasteiger partial charge is 0.350 e. The molecule has 9 nitrogen and oxygen atoms in total. The molecule has 28 heavy (non-hydrogen) atoms. The molecule has 11 heteroatoms. The summed E-state index contributed by atoms with van der Waals surface area (Å²) < 4.78 is 30.7. The van der Waals surface area contributed by atoms with Crippen molar-refractivity contribution in [1.29, 1.82) is 0 Å². The minimum absolute atomic E-state index is 0.0362. The number of benzene rings is 1. The third kappa shape index (κ3) is 4.80. The average molecular weight is 425 g/mol. The van der Waals surface area contributed by atoms with Gasteiger partial charge in [-0.25, -0.2) is 18.2 Å². The first-order valence-corrected chi connectivity index (χ1v) is 10.2. The van der Waals surface area contributed by atoms with Crippen LogP contribution in [0.25, 0.3) is 0 Å². The predicted molar refractivity (Wildman–Crippen MR) is 103 cm³/mol. The van der Waals surface area contributed by atoms with Gasteiger partial charge in [0.05, 0.1) is 24.2 Å². The lowest BCUT2D eigenvalue weighted by atomic mass is 10.2. The molecule has 0 saturated heterocycles. The Labute approximate surface area is 166 Å². The number of methoxy groups -OCH3 is 1. The van der Waals surface area contributed by atoms with E-state index in [1.54, 1.807) is 6.92 Å². The van der Waals surface area contributed by atoms with Crippen LogP contribution in [0.3, 0.4) is 0 Å². The molecule has 150 valence electrons. The third-order valence-electron chi connectivity index (χ3n) is 3.75. The number of hydrogen-bond donors (Lipinski definition) is 1. The molecule has 1 heterocycles. The Bertz CT molecular complexity index is 1010. The molecule has 1 N–H and O–H groups in total. The number of rotatable bonds is 7. The van der Waals surface area contributed by atoms with Crippen LogP contribution in [0, 0.1) is 6.92 Å². The summed E-state index contributed by atoms with van der Waals surface area (Å²) in [5.41, 5.74) is 0.790. The number of carbonyl (C=O) groups excluding carboxylic acids is 3. The van der Waals surface area contributed by atoms with Gasteiger partial charge in [0, 0.05) is 12.6 Å². The molecule has 0 aliphatic heterocycles. The maximum absolute atomic E-state index is 12.6. The summed E-state index contributed by atoms with van der Waals surface area (Å²) in [6.45, 7) is 2.52.